The van der Waals surface area contributed by atoms with Crippen LogP contribution in [-0.4, -0.2) is 23.2 Å². The summed E-state index contributed by atoms with van der Waals surface area (Å²) in [6.07, 6.45) is 0.313. The summed E-state index contributed by atoms with van der Waals surface area (Å²) in [5.74, 6) is 1.55. The van der Waals surface area contributed by atoms with Gasteiger partial charge in [-0.25, -0.2) is 0 Å². The quantitative estimate of drug-likeness (QED) is 0.525. The summed E-state index contributed by atoms with van der Waals surface area (Å²) in [5.41, 5.74) is 3.19. The lowest BCUT2D eigenvalue weighted by molar-refractivity contribution is -0.115. The first kappa shape index (κ1) is 18.4. The Morgan fingerprint density at radius 2 is 1.76 bits per heavy atom. The molecular weight excluding hydrogens is 366 g/mol. The third kappa shape index (κ3) is 4.50. The van der Waals surface area contributed by atoms with Gasteiger partial charge in [-0.3, -0.25) is 4.79 Å². The molecule has 6 heteroatoms. The zero-order valence-electron chi connectivity index (χ0n) is 15.8. The summed E-state index contributed by atoms with van der Waals surface area (Å²) >= 11 is 0. The molecule has 0 radical (unpaired) electrons. The highest BCUT2D eigenvalue weighted by molar-refractivity contribution is 5.92. The number of ether oxygens (including phenoxy) is 1. The fourth-order valence-corrected chi connectivity index (χ4v) is 2.91. The summed E-state index contributed by atoms with van der Waals surface area (Å²) in [5, 5.41) is 6.96. The van der Waals surface area contributed by atoms with Crippen molar-refractivity contribution in [2.45, 2.75) is 6.42 Å². The Balaban J connectivity index is 1.48. The molecule has 0 fully saturated rings. The maximum Gasteiger partial charge on any atom is 0.258 e. The monoisotopic (exact) mass is 385 g/mol. The first-order chi connectivity index (χ1) is 14.2. The number of nitrogens with zero attached hydrogens (tertiary/aromatic N) is 2. The molecule has 4 rings (SSSR count). The van der Waals surface area contributed by atoms with Crippen LogP contribution in [-0.2, 0) is 11.2 Å². The fourth-order valence-electron chi connectivity index (χ4n) is 2.91. The number of benzene rings is 3. The number of anilines is 1. The van der Waals surface area contributed by atoms with Crippen LogP contribution in [0.1, 0.15) is 5.56 Å². The van der Waals surface area contributed by atoms with Crippen molar-refractivity contribution in [2.24, 2.45) is 0 Å². The van der Waals surface area contributed by atoms with Crippen molar-refractivity contribution in [3.63, 3.8) is 0 Å². The lowest BCUT2D eigenvalue weighted by Gasteiger charge is -2.06. The van der Waals surface area contributed by atoms with Crippen molar-refractivity contribution in [3.8, 4) is 28.6 Å². The summed E-state index contributed by atoms with van der Waals surface area (Å²) < 4.78 is 10.6. The largest absolute Gasteiger partial charge is 0.497 e. The zero-order chi connectivity index (χ0) is 20.1. The minimum Gasteiger partial charge on any atom is -0.497 e. The molecule has 3 aromatic carbocycles. The van der Waals surface area contributed by atoms with Crippen molar-refractivity contribution in [3.05, 3.63) is 84.4 Å². The highest BCUT2D eigenvalue weighted by atomic mass is 16.5. The first-order valence-corrected chi connectivity index (χ1v) is 9.13. The number of carbonyl (C=O) groups excluding carboxylic acids is 1. The molecule has 1 heterocycles. The maximum atomic E-state index is 12.3. The average Bonchev–Trinajstić information content (AvgIpc) is 3.25. The van der Waals surface area contributed by atoms with Crippen LogP contribution < -0.4 is 10.1 Å². The van der Waals surface area contributed by atoms with E-state index in [4.69, 9.17) is 9.26 Å². The smallest absolute Gasteiger partial charge is 0.258 e. The molecule has 0 aliphatic carbocycles. The number of nitrogens with one attached hydrogen (secondary N) is 1. The number of amides is 1. The molecule has 0 saturated heterocycles. The SMILES string of the molecule is COc1ccc(-c2noc(-c3cccc(NC(=O)Cc4ccccc4)c3)n2)cc1. The van der Waals surface area contributed by atoms with Gasteiger partial charge in [-0.2, -0.15) is 4.98 Å². The summed E-state index contributed by atoms with van der Waals surface area (Å²) in [6.45, 7) is 0. The van der Waals surface area contributed by atoms with Gasteiger partial charge in [0.2, 0.25) is 11.7 Å². The third-order valence-electron chi connectivity index (χ3n) is 4.38. The molecule has 0 spiro atoms. The molecule has 1 N–H and O–H groups in total. The molecular formula is C23H19N3O3. The summed E-state index contributed by atoms with van der Waals surface area (Å²) in [6, 6.07) is 24.4. The minimum atomic E-state index is -0.0854. The average molecular weight is 385 g/mol. The first-order valence-electron chi connectivity index (χ1n) is 9.13. The van der Waals surface area contributed by atoms with Crippen LogP contribution in [0.4, 0.5) is 5.69 Å². The highest BCUT2D eigenvalue weighted by Crippen LogP contribution is 2.25. The molecule has 0 bridgehead atoms. The minimum absolute atomic E-state index is 0.0854. The van der Waals surface area contributed by atoms with Gasteiger partial charge in [-0.05, 0) is 48.0 Å². The topological polar surface area (TPSA) is 77.3 Å². The van der Waals surface area contributed by atoms with E-state index in [0.29, 0.717) is 23.8 Å². The third-order valence-corrected chi connectivity index (χ3v) is 4.38. The predicted molar refractivity (Wildman–Crippen MR) is 110 cm³/mol. The van der Waals surface area contributed by atoms with E-state index in [1.165, 1.54) is 0 Å². The van der Waals surface area contributed by atoms with Gasteiger partial charge in [0.25, 0.3) is 5.89 Å². The molecule has 0 saturated carbocycles. The van der Waals surface area contributed by atoms with Gasteiger partial charge in [0, 0.05) is 16.8 Å². The number of carbonyl (C=O) groups is 1. The Morgan fingerprint density at radius 1 is 0.966 bits per heavy atom. The number of rotatable bonds is 6. The molecule has 0 atom stereocenters. The van der Waals surface area contributed by atoms with E-state index in [-0.39, 0.29) is 5.91 Å². The number of aromatic nitrogens is 2. The van der Waals surface area contributed by atoms with Gasteiger partial charge in [-0.1, -0.05) is 41.6 Å². The van der Waals surface area contributed by atoms with Gasteiger partial charge in [0.1, 0.15) is 5.75 Å². The number of hydrogen-bond donors (Lipinski definition) is 1. The molecule has 144 valence electrons. The predicted octanol–water partition coefficient (Wildman–Crippen LogP) is 4.59. The van der Waals surface area contributed by atoms with Crippen LogP contribution in [0, 0.1) is 0 Å². The van der Waals surface area contributed by atoms with E-state index in [0.717, 1.165) is 22.4 Å². The van der Waals surface area contributed by atoms with Gasteiger partial charge >= 0.3 is 0 Å². The lowest BCUT2D eigenvalue weighted by Crippen LogP contribution is -2.14. The van der Waals surface area contributed by atoms with E-state index < -0.39 is 0 Å². The molecule has 0 aliphatic rings. The van der Waals surface area contributed by atoms with E-state index >= 15 is 0 Å². The zero-order valence-corrected chi connectivity index (χ0v) is 15.8. The van der Waals surface area contributed by atoms with Crippen LogP contribution in [0.5, 0.6) is 5.75 Å². The highest BCUT2D eigenvalue weighted by Gasteiger charge is 2.12. The molecule has 4 aromatic rings. The molecule has 0 unspecified atom stereocenters. The van der Waals surface area contributed by atoms with Crippen LogP contribution in [0.15, 0.2) is 83.4 Å². The second-order valence-corrected chi connectivity index (χ2v) is 6.44. The standard InChI is InChI=1S/C23H19N3O3/c1-28-20-12-10-17(11-13-20)22-25-23(29-26-22)18-8-5-9-19(15-18)24-21(27)14-16-6-3-2-4-7-16/h2-13,15H,14H2,1H3,(H,24,27). The number of hydrogen-bond acceptors (Lipinski definition) is 5. The Kier molecular flexibility index (Phi) is 5.33. The van der Waals surface area contributed by atoms with E-state index in [2.05, 4.69) is 15.5 Å². The van der Waals surface area contributed by atoms with Crippen molar-refractivity contribution in [1.82, 2.24) is 10.1 Å². The Labute approximate surface area is 168 Å². The molecule has 1 amide bonds. The Hall–Kier alpha value is -3.93. The molecule has 29 heavy (non-hydrogen) atoms. The van der Waals surface area contributed by atoms with Crippen LogP contribution in [0.25, 0.3) is 22.8 Å². The van der Waals surface area contributed by atoms with Crippen LogP contribution >= 0.6 is 0 Å². The van der Waals surface area contributed by atoms with Crippen LogP contribution in [0.2, 0.25) is 0 Å². The normalized spacial score (nSPS) is 10.5. The Morgan fingerprint density at radius 3 is 2.52 bits per heavy atom. The molecule has 1 aromatic heterocycles. The molecule has 0 aliphatic heterocycles. The van der Waals surface area contributed by atoms with Gasteiger partial charge in [-0.15, -0.1) is 0 Å². The van der Waals surface area contributed by atoms with Crippen molar-refractivity contribution < 1.29 is 14.1 Å². The van der Waals surface area contributed by atoms with Gasteiger partial charge in [0.15, 0.2) is 0 Å². The summed E-state index contributed by atoms with van der Waals surface area (Å²) in [7, 11) is 1.62. The fraction of sp³-hybridized carbons (Fsp3) is 0.0870. The molecule has 6 nitrogen and oxygen atoms in total. The lowest BCUT2D eigenvalue weighted by atomic mass is 10.1. The van der Waals surface area contributed by atoms with Gasteiger partial charge < -0.3 is 14.6 Å². The van der Waals surface area contributed by atoms with E-state index in [9.17, 15) is 4.79 Å². The maximum absolute atomic E-state index is 12.3. The summed E-state index contributed by atoms with van der Waals surface area (Å²) in [4.78, 5) is 16.8. The Bertz CT molecular complexity index is 1110. The second kappa shape index (κ2) is 8.39. The van der Waals surface area contributed by atoms with Gasteiger partial charge in [0.05, 0.1) is 13.5 Å². The number of methoxy groups -OCH3 is 1. The van der Waals surface area contributed by atoms with Crippen molar-refractivity contribution in [1.29, 1.82) is 0 Å². The van der Waals surface area contributed by atoms with Crippen LogP contribution in [0.3, 0.4) is 0 Å². The second-order valence-electron chi connectivity index (χ2n) is 6.44. The van der Waals surface area contributed by atoms with Crippen molar-refractivity contribution in [2.75, 3.05) is 12.4 Å². The van der Waals surface area contributed by atoms with E-state index in [1.807, 2.05) is 78.9 Å². The van der Waals surface area contributed by atoms with Crippen molar-refractivity contribution >= 4 is 11.6 Å². The van der Waals surface area contributed by atoms with E-state index in [1.54, 1.807) is 7.11 Å².